The van der Waals surface area contributed by atoms with Crippen LogP contribution in [0.15, 0.2) is 0 Å². The summed E-state index contributed by atoms with van der Waals surface area (Å²) in [6.07, 6.45) is 16.6. The Labute approximate surface area is 337 Å². The van der Waals surface area contributed by atoms with E-state index in [2.05, 4.69) is 39.0 Å². The largest absolute Gasteiger partial charge is 0.377 e. The zero-order chi connectivity index (χ0) is 41.3. The van der Waals surface area contributed by atoms with Crippen molar-refractivity contribution in [1.29, 1.82) is 0 Å². The Hall–Kier alpha value is -3.11. The number of carbonyl (C=O) groups is 4. The van der Waals surface area contributed by atoms with Gasteiger partial charge in [-0.05, 0) is 43.9 Å². The summed E-state index contributed by atoms with van der Waals surface area (Å²) in [4.78, 5) is 63.0. The summed E-state index contributed by atoms with van der Waals surface area (Å²) in [6.45, 7) is 2.80. The van der Waals surface area contributed by atoms with E-state index in [1.165, 1.54) is 0 Å². The molecular weight excluding hydrogens is 767 g/mol. The molecule has 1 rings (SSSR count). The van der Waals surface area contributed by atoms with E-state index in [0.717, 1.165) is 0 Å². The lowest BCUT2D eigenvalue weighted by Gasteiger charge is -2.40. The fraction of sp³-hybridized carbons (Fsp3) is 0.737. The highest BCUT2D eigenvalue weighted by molar-refractivity contribution is 8.09. The minimum absolute atomic E-state index is 0.000336. The Morgan fingerprint density at radius 3 is 1.36 bits per heavy atom. The van der Waals surface area contributed by atoms with E-state index < -0.39 is 17.9 Å². The van der Waals surface area contributed by atoms with Crippen molar-refractivity contribution in [2.45, 2.75) is 69.9 Å². The van der Waals surface area contributed by atoms with Crippen LogP contribution < -0.4 is 21.3 Å². The van der Waals surface area contributed by atoms with Crippen molar-refractivity contribution in [3.05, 3.63) is 0 Å². The quantitative estimate of drug-likeness (QED) is 0.0339. The topological polar surface area (TPSA) is 201 Å². The van der Waals surface area contributed by atoms with E-state index in [-0.39, 0.29) is 128 Å². The van der Waals surface area contributed by atoms with Crippen LogP contribution in [0.1, 0.15) is 58.3 Å². The summed E-state index contributed by atoms with van der Waals surface area (Å²) in [5.74, 6) is 5.50. The second-order valence-corrected chi connectivity index (χ2v) is 16.6. The van der Waals surface area contributed by atoms with E-state index in [1.54, 1.807) is 6.92 Å². The van der Waals surface area contributed by atoms with Gasteiger partial charge < -0.3 is 59.1 Å². The molecule has 0 bridgehead atoms. The Bertz CT molecular complexity index is 1220. The fourth-order valence-corrected chi connectivity index (χ4v) is 6.42. The lowest BCUT2D eigenvalue weighted by atomic mass is 9.78. The molecule has 1 fully saturated rings. The van der Waals surface area contributed by atoms with Gasteiger partial charge in [0.1, 0.15) is 19.8 Å². The summed E-state index contributed by atoms with van der Waals surface area (Å²) in [5.41, 5.74) is -1.11. The number of rotatable bonds is 35. The van der Waals surface area contributed by atoms with Crippen LogP contribution in [-0.2, 0) is 63.9 Å². The molecule has 1 unspecified atom stereocenters. The molecule has 1 aliphatic rings. The van der Waals surface area contributed by atoms with Crippen molar-refractivity contribution < 1.29 is 57.0 Å². The van der Waals surface area contributed by atoms with Gasteiger partial charge in [0.05, 0.1) is 65.6 Å². The smallest absolute Gasteiger partial charge is 0.223 e. The molecule has 0 aromatic carbocycles. The van der Waals surface area contributed by atoms with Crippen molar-refractivity contribution in [3.63, 3.8) is 0 Å². The SMILES string of the molecule is C#CCOCCOCCNC(=O)CCC(CCC(=O)NCCOCCOCC#C)(CCC(=O)NCCOCCOCC#C)NC(=O)C1CC(OP(O)(=S)CC)C1. The van der Waals surface area contributed by atoms with Crippen LogP contribution >= 0.6 is 6.49 Å². The molecule has 16 nitrogen and oxygen atoms in total. The maximum Gasteiger partial charge on any atom is 0.223 e. The molecule has 4 amide bonds. The minimum atomic E-state index is -2.92. The van der Waals surface area contributed by atoms with Crippen LogP contribution in [0.2, 0.25) is 0 Å². The number of ether oxygens (including phenoxy) is 6. The predicted octanol–water partition coefficient (Wildman–Crippen LogP) is 0.647. The molecule has 1 aliphatic carbocycles. The average Bonchev–Trinajstić information content (AvgIpc) is 3.16. The standard InChI is InChI=1S/C38H61N4O12PS/c1-5-18-48-24-27-51-21-15-39-34(43)9-12-38(13-10-35(44)40-16-22-52-28-25-49-19-6-2,14-11-36(45)41-17-23-53-29-26-50-20-7-3)42-37(46)32-30-33(31-32)54-55(47,56)8-4/h1-3,32-33H,8-31H2,4H3,(H,39,43)(H,40,44)(H,41,45)(H,42,46)(H,47,56). The Balaban J connectivity index is 2.97. The third kappa shape index (κ3) is 25.9. The van der Waals surface area contributed by atoms with Gasteiger partial charge >= 0.3 is 0 Å². The first-order chi connectivity index (χ1) is 27.0. The maximum absolute atomic E-state index is 13.7. The van der Waals surface area contributed by atoms with Gasteiger partial charge in [0.15, 0.2) is 6.49 Å². The Morgan fingerprint density at radius 2 is 1.02 bits per heavy atom. The van der Waals surface area contributed by atoms with Crippen molar-refractivity contribution in [1.82, 2.24) is 21.3 Å². The molecule has 0 radical (unpaired) electrons. The fourth-order valence-electron chi connectivity index (χ4n) is 5.26. The number of hydrogen-bond donors (Lipinski definition) is 5. The van der Waals surface area contributed by atoms with Crippen LogP contribution in [0.5, 0.6) is 0 Å². The Kier molecular flexibility index (Phi) is 29.0. The molecule has 316 valence electrons. The summed E-state index contributed by atoms with van der Waals surface area (Å²) < 4.78 is 37.5. The molecule has 56 heavy (non-hydrogen) atoms. The molecule has 1 atom stereocenters. The van der Waals surface area contributed by atoms with Crippen molar-refractivity contribution >= 4 is 41.9 Å². The number of amides is 4. The lowest BCUT2D eigenvalue weighted by Crippen LogP contribution is -2.54. The van der Waals surface area contributed by atoms with E-state index in [1.807, 2.05) is 0 Å². The zero-order valence-corrected chi connectivity index (χ0v) is 34.4. The van der Waals surface area contributed by atoms with Gasteiger partial charge in [0.2, 0.25) is 23.6 Å². The van der Waals surface area contributed by atoms with Crippen molar-refractivity contribution in [2.24, 2.45) is 5.92 Å². The van der Waals surface area contributed by atoms with E-state index in [4.69, 9.17) is 64.0 Å². The van der Waals surface area contributed by atoms with Crippen LogP contribution in [0.4, 0.5) is 0 Å². The first kappa shape index (κ1) is 50.9. The minimum Gasteiger partial charge on any atom is -0.377 e. The van der Waals surface area contributed by atoms with Crippen LogP contribution in [0.25, 0.3) is 0 Å². The molecule has 0 aliphatic heterocycles. The van der Waals surface area contributed by atoms with Gasteiger partial charge in [-0.15, -0.1) is 19.3 Å². The first-order valence-corrected chi connectivity index (χ1v) is 21.7. The molecule has 5 N–H and O–H groups in total. The second kappa shape index (κ2) is 31.9. The maximum atomic E-state index is 13.7. The number of hydrogen-bond acceptors (Lipinski definition) is 12. The van der Waals surface area contributed by atoms with Crippen LogP contribution in [-0.4, -0.2) is 145 Å². The average molecular weight is 829 g/mol. The lowest BCUT2D eigenvalue weighted by molar-refractivity contribution is -0.134. The molecule has 18 heteroatoms. The first-order valence-electron chi connectivity index (χ1n) is 18.9. The van der Waals surface area contributed by atoms with Gasteiger partial charge in [0, 0.05) is 56.5 Å². The molecule has 1 saturated carbocycles. The number of carbonyl (C=O) groups excluding carboxylic acids is 4. The third-order valence-electron chi connectivity index (χ3n) is 8.44. The molecule has 0 aromatic rings. The summed E-state index contributed by atoms with van der Waals surface area (Å²) >= 11 is 5.16. The molecule has 0 spiro atoms. The zero-order valence-electron chi connectivity index (χ0n) is 32.7. The highest BCUT2D eigenvalue weighted by Crippen LogP contribution is 2.48. The third-order valence-corrected chi connectivity index (χ3v) is 10.9. The molecule has 0 aromatic heterocycles. The monoisotopic (exact) mass is 828 g/mol. The van der Waals surface area contributed by atoms with Crippen molar-refractivity contribution in [3.8, 4) is 37.0 Å². The van der Waals surface area contributed by atoms with Crippen LogP contribution in [0, 0.1) is 42.9 Å². The highest BCUT2D eigenvalue weighted by Gasteiger charge is 2.41. The van der Waals surface area contributed by atoms with Gasteiger partial charge in [0.25, 0.3) is 0 Å². The molecule has 0 heterocycles. The van der Waals surface area contributed by atoms with Gasteiger partial charge in [-0.3, -0.25) is 19.2 Å². The van der Waals surface area contributed by atoms with E-state index >= 15 is 0 Å². The normalized spacial score (nSPS) is 15.9. The number of terminal acetylenes is 3. The summed E-state index contributed by atoms with van der Waals surface area (Å²) in [6, 6.07) is 0. The molecular formula is C38H61N4O12PS. The predicted molar refractivity (Wildman–Crippen MR) is 214 cm³/mol. The summed E-state index contributed by atoms with van der Waals surface area (Å²) in [5, 5.41) is 11.6. The highest BCUT2D eigenvalue weighted by atomic mass is 32.5. The second-order valence-electron chi connectivity index (χ2n) is 12.8. The molecule has 0 saturated heterocycles. The Morgan fingerprint density at radius 1 is 0.661 bits per heavy atom. The van der Waals surface area contributed by atoms with Crippen molar-refractivity contribution in [2.75, 3.05) is 105 Å². The van der Waals surface area contributed by atoms with Gasteiger partial charge in [-0.25, -0.2) is 0 Å². The van der Waals surface area contributed by atoms with Crippen LogP contribution in [0.3, 0.4) is 0 Å². The number of nitrogens with one attached hydrogen (secondary N) is 4. The van der Waals surface area contributed by atoms with E-state index in [9.17, 15) is 24.1 Å². The van der Waals surface area contributed by atoms with Gasteiger partial charge in [-0.2, -0.15) is 0 Å². The van der Waals surface area contributed by atoms with E-state index in [0.29, 0.717) is 58.6 Å². The van der Waals surface area contributed by atoms with Gasteiger partial charge in [-0.1, -0.05) is 24.7 Å². The summed E-state index contributed by atoms with van der Waals surface area (Å²) in [7, 11) is 0.